The molecule has 0 aliphatic heterocycles. The number of hydrogen-bond donors (Lipinski definition) is 2. The van der Waals surface area contributed by atoms with Gasteiger partial charge in [-0.15, -0.1) is 0 Å². The number of aliphatic hydroxyl groups is 1. The zero-order chi connectivity index (χ0) is 17.6. The lowest BCUT2D eigenvalue weighted by Gasteiger charge is -2.25. The highest BCUT2D eigenvalue weighted by atomic mass is 32.2. The second kappa shape index (κ2) is 8.14. The van der Waals surface area contributed by atoms with E-state index < -0.39 is 15.6 Å². The molecule has 1 fully saturated rings. The van der Waals surface area contributed by atoms with E-state index in [0.717, 1.165) is 0 Å². The molecule has 1 saturated carbocycles. The van der Waals surface area contributed by atoms with E-state index in [1.807, 2.05) is 19.9 Å². The van der Waals surface area contributed by atoms with Crippen LogP contribution >= 0.6 is 0 Å². The van der Waals surface area contributed by atoms with Crippen LogP contribution in [0.4, 0.5) is 0 Å². The normalized spacial score (nSPS) is 15.8. The molecule has 0 bridgehead atoms. The van der Waals surface area contributed by atoms with Crippen molar-refractivity contribution < 1.29 is 18.3 Å². The molecule has 2 N–H and O–H groups in total. The minimum atomic E-state index is -3.61. The van der Waals surface area contributed by atoms with Crippen LogP contribution in [-0.4, -0.2) is 32.3 Å². The number of rotatable bonds is 10. The standard InChI is InChI=1S/C18H27NO4S/c1-18(2,11-4-3-5-12-20)19-24(21,22)17-8-6-7-16(13-17)23-14-15-9-10-15/h3,5-8,13,15,19-20H,4,9-12,14H2,1-2H3/b5-3+. The van der Waals surface area contributed by atoms with Crippen molar-refractivity contribution in [1.29, 1.82) is 0 Å². The van der Waals surface area contributed by atoms with E-state index in [9.17, 15) is 8.42 Å². The third kappa shape index (κ3) is 6.26. The molecule has 134 valence electrons. The van der Waals surface area contributed by atoms with Crippen LogP contribution in [0.25, 0.3) is 0 Å². The van der Waals surface area contributed by atoms with Crippen molar-refractivity contribution in [1.82, 2.24) is 4.72 Å². The molecule has 1 aliphatic rings. The second-order valence-corrected chi connectivity index (χ2v) is 8.59. The molecule has 0 spiro atoms. The Hall–Kier alpha value is -1.37. The topological polar surface area (TPSA) is 75.6 Å². The van der Waals surface area contributed by atoms with Crippen LogP contribution < -0.4 is 9.46 Å². The van der Waals surface area contributed by atoms with E-state index in [0.29, 0.717) is 31.1 Å². The van der Waals surface area contributed by atoms with Crippen molar-refractivity contribution in [2.45, 2.75) is 50.0 Å². The summed E-state index contributed by atoms with van der Waals surface area (Å²) in [5.74, 6) is 1.21. The summed E-state index contributed by atoms with van der Waals surface area (Å²) < 4.78 is 33.6. The van der Waals surface area contributed by atoms with Gasteiger partial charge in [0.25, 0.3) is 0 Å². The summed E-state index contributed by atoms with van der Waals surface area (Å²) in [4.78, 5) is 0.217. The van der Waals surface area contributed by atoms with E-state index in [2.05, 4.69) is 4.72 Å². The zero-order valence-electron chi connectivity index (χ0n) is 14.4. The van der Waals surface area contributed by atoms with Gasteiger partial charge in [-0.25, -0.2) is 13.1 Å². The number of aliphatic hydroxyl groups excluding tert-OH is 1. The lowest BCUT2D eigenvalue weighted by Crippen LogP contribution is -2.43. The van der Waals surface area contributed by atoms with Gasteiger partial charge in [-0.2, -0.15) is 0 Å². The molecule has 0 saturated heterocycles. The zero-order valence-corrected chi connectivity index (χ0v) is 15.2. The minimum absolute atomic E-state index is 0.000193. The Labute approximate surface area is 144 Å². The molecule has 0 radical (unpaired) electrons. The number of allylic oxidation sites excluding steroid dienone is 1. The van der Waals surface area contributed by atoms with Crippen LogP contribution in [0.3, 0.4) is 0 Å². The maximum atomic E-state index is 12.6. The molecule has 24 heavy (non-hydrogen) atoms. The highest BCUT2D eigenvalue weighted by Gasteiger charge is 2.26. The lowest BCUT2D eigenvalue weighted by atomic mass is 10.00. The molecule has 2 rings (SSSR count). The fourth-order valence-electron chi connectivity index (χ4n) is 2.34. The Balaban J connectivity index is 1.99. The molecule has 0 unspecified atom stereocenters. The Morgan fingerprint density at radius 1 is 1.33 bits per heavy atom. The van der Waals surface area contributed by atoms with Crippen molar-refractivity contribution in [2.24, 2.45) is 5.92 Å². The molecular weight excluding hydrogens is 326 g/mol. The first-order chi connectivity index (χ1) is 11.3. The highest BCUT2D eigenvalue weighted by Crippen LogP contribution is 2.30. The van der Waals surface area contributed by atoms with Crippen LogP contribution in [0.5, 0.6) is 5.75 Å². The maximum absolute atomic E-state index is 12.6. The van der Waals surface area contributed by atoms with Crippen molar-refractivity contribution in [2.75, 3.05) is 13.2 Å². The summed E-state index contributed by atoms with van der Waals surface area (Å²) in [6, 6.07) is 6.64. The molecule has 6 heteroatoms. The van der Waals surface area contributed by atoms with Gasteiger partial charge in [0, 0.05) is 11.6 Å². The third-order valence-electron chi connectivity index (χ3n) is 3.92. The number of benzene rings is 1. The van der Waals surface area contributed by atoms with E-state index in [4.69, 9.17) is 9.84 Å². The highest BCUT2D eigenvalue weighted by molar-refractivity contribution is 7.89. The number of ether oxygens (including phenoxy) is 1. The van der Waals surface area contributed by atoms with Gasteiger partial charge < -0.3 is 9.84 Å². The average molecular weight is 353 g/mol. The molecule has 0 atom stereocenters. The third-order valence-corrected chi connectivity index (χ3v) is 5.61. The monoisotopic (exact) mass is 353 g/mol. The molecule has 0 aromatic heterocycles. The molecule has 1 aliphatic carbocycles. The van der Waals surface area contributed by atoms with E-state index in [1.165, 1.54) is 12.8 Å². The molecule has 5 nitrogen and oxygen atoms in total. The largest absolute Gasteiger partial charge is 0.493 e. The fourth-order valence-corrected chi connectivity index (χ4v) is 3.82. The van der Waals surface area contributed by atoms with Crippen molar-refractivity contribution in [3.8, 4) is 5.75 Å². The first-order valence-electron chi connectivity index (χ1n) is 8.35. The maximum Gasteiger partial charge on any atom is 0.241 e. The summed E-state index contributed by atoms with van der Waals surface area (Å²) in [7, 11) is -3.61. The van der Waals surface area contributed by atoms with Gasteiger partial charge in [0.15, 0.2) is 0 Å². The fraction of sp³-hybridized carbons (Fsp3) is 0.556. The number of hydrogen-bond acceptors (Lipinski definition) is 4. The Morgan fingerprint density at radius 3 is 2.75 bits per heavy atom. The lowest BCUT2D eigenvalue weighted by molar-refractivity contribution is 0.299. The van der Waals surface area contributed by atoms with Gasteiger partial charge >= 0.3 is 0 Å². The van der Waals surface area contributed by atoms with Crippen molar-refractivity contribution >= 4 is 10.0 Å². The Bertz CT molecular complexity index is 663. The predicted molar refractivity (Wildman–Crippen MR) is 94.5 cm³/mol. The first-order valence-corrected chi connectivity index (χ1v) is 9.83. The van der Waals surface area contributed by atoms with Gasteiger partial charge in [-0.3, -0.25) is 0 Å². The molecular formula is C18H27NO4S. The van der Waals surface area contributed by atoms with Crippen LogP contribution in [0, 0.1) is 5.92 Å². The number of sulfonamides is 1. The summed E-state index contributed by atoms with van der Waals surface area (Å²) in [5.41, 5.74) is -0.580. The van der Waals surface area contributed by atoms with Gasteiger partial charge in [-0.05, 0) is 57.6 Å². The van der Waals surface area contributed by atoms with Gasteiger partial charge in [0.2, 0.25) is 10.0 Å². The van der Waals surface area contributed by atoms with E-state index in [1.54, 1.807) is 30.3 Å². The van der Waals surface area contributed by atoms with Crippen LogP contribution in [-0.2, 0) is 10.0 Å². The summed E-state index contributed by atoms with van der Waals surface area (Å²) in [6.45, 7) is 4.36. The smallest absolute Gasteiger partial charge is 0.241 e. The molecule has 0 amide bonds. The quantitative estimate of drug-likeness (QED) is 0.634. The summed E-state index contributed by atoms with van der Waals surface area (Å²) in [6.07, 6.45) is 7.23. The summed E-state index contributed by atoms with van der Waals surface area (Å²) >= 11 is 0. The Kier molecular flexibility index (Phi) is 6.43. The van der Waals surface area contributed by atoms with Crippen molar-refractivity contribution in [3.05, 3.63) is 36.4 Å². The molecule has 0 heterocycles. The van der Waals surface area contributed by atoms with E-state index >= 15 is 0 Å². The Morgan fingerprint density at radius 2 is 2.08 bits per heavy atom. The summed E-state index contributed by atoms with van der Waals surface area (Å²) in [5, 5.41) is 8.73. The molecule has 1 aromatic carbocycles. The average Bonchev–Trinajstić information content (AvgIpc) is 3.33. The van der Waals surface area contributed by atoms with Gasteiger partial charge in [-0.1, -0.05) is 18.2 Å². The van der Waals surface area contributed by atoms with Gasteiger partial charge in [0.05, 0.1) is 18.1 Å². The van der Waals surface area contributed by atoms with Crippen LogP contribution in [0.15, 0.2) is 41.3 Å². The van der Waals surface area contributed by atoms with E-state index in [-0.39, 0.29) is 11.5 Å². The second-order valence-electron chi connectivity index (χ2n) is 6.91. The van der Waals surface area contributed by atoms with Crippen LogP contribution in [0.2, 0.25) is 0 Å². The minimum Gasteiger partial charge on any atom is -0.493 e. The first kappa shape index (κ1) is 19.0. The van der Waals surface area contributed by atoms with Crippen molar-refractivity contribution in [3.63, 3.8) is 0 Å². The number of nitrogens with one attached hydrogen (secondary N) is 1. The van der Waals surface area contributed by atoms with Gasteiger partial charge in [0.1, 0.15) is 5.75 Å². The van der Waals surface area contributed by atoms with Crippen LogP contribution in [0.1, 0.15) is 39.5 Å². The SMILES string of the molecule is CC(C)(CC/C=C/CO)NS(=O)(=O)c1cccc(OCC2CC2)c1. The predicted octanol–water partition coefficient (Wildman–Crippen LogP) is 2.86. The molecule has 1 aromatic rings.